The predicted octanol–water partition coefficient (Wildman–Crippen LogP) is 1.83. The smallest absolute Gasteiger partial charge is 0.191 e. The van der Waals surface area contributed by atoms with Crippen LogP contribution < -0.4 is 15.4 Å². The monoisotopic (exact) mass is 308 g/mol. The van der Waals surface area contributed by atoms with Gasteiger partial charge in [0.15, 0.2) is 5.96 Å². The van der Waals surface area contributed by atoms with E-state index in [1.807, 2.05) is 19.1 Å². The molecule has 0 saturated heterocycles. The standard InChI is InChI=1S/C16H28N4O2/c1-3-18-16(19-10-5-6-12-21-4-2)20-11-13-22-15-8-7-9-17-14-15/h7-9,14H,3-6,10-13H2,1-2H3,(H2,18,19,20). The van der Waals surface area contributed by atoms with Gasteiger partial charge in [-0.2, -0.15) is 0 Å². The molecule has 0 aliphatic rings. The number of aliphatic imine (C=N–C) groups is 1. The van der Waals surface area contributed by atoms with E-state index < -0.39 is 0 Å². The first-order valence-corrected chi connectivity index (χ1v) is 7.99. The SMILES string of the molecule is CCNC(=NCCCCOCC)NCCOc1cccnc1. The maximum absolute atomic E-state index is 5.58. The van der Waals surface area contributed by atoms with Gasteiger partial charge in [-0.1, -0.05) is 0 Å². The molecule has 124 valence electrons. The number of hydrogen-bond acceptors (Lipinski definition) is 4. The van der Waals surface area contributed by atoms with Crippen LogP contribution in [0.3, 0.4) is 0 Å². The Kier molecular flexibility index (Phi) is 10.7. The van der Waals surface area contributed by atoms with Crippen molar-refractivity contribution in [3.63, 3.8) is 0 Å². The number of unbranched alkanes of at least 4 members (excludes halogenated alkanes) is 1. The van der Waals surface area contributed by atoms with E-state index in [-0.39, 0.29) is 0 Å². The summed E-state index contributed by atoms with van der Waals surface area (Å²) in [5, 5.41) is 6.48. The van der Waals surface area contributed by atoms with Gasteiger partial charge in [-0.05, 0) is 38.8 Å². The second kappa shape index (κ2) is 12.9. The molecule has 0 spiro atoms. The number of nitrogens with one attached hydrogen (secondary N) is 2. The zero-order valence-electron chi connectivity index (χ0n) is 13.7. The van der Waals surface area contributed by atoms with E-state index in [1.54, 1.807) is 12.4 Å². The molecule has 0 atom stereocenters. The van der Waals surface area contributed by atoms with Gasteiger partial charge < -0.3 is 20.1 Å². The van der Waals surface area contributed by atoms with Crippen molar-refractivity contribution in [2.75, 3.05) is 39.5 Å². The Morgan fingerprint density at radius 3 is 2.86 bits per heavy atom. The van der Waals surface area contributed by atoms with Crippen LogP contribution in [0.25, 0.3) is 0 Å². The molecule has 0 aliphatic carbocycles. The molecule has 0 unspecified atom stereocenters. The minimum absolute atomic E-state index is 0.570. The van der Waals surface area contributed by atoms with Gasteiger partial charge in [0.25, 0.3) is 0 Å². The summed E-state index contributed by atoms with van der Waals surface area (Å²) in [4.78, 5) is 8.53. The number of aromatic nitrogens is 1. The number of pyridine rings is 1. The minimum Gasteiger partial charge on any atom is -0.490 e. The van der Waals surface area contributed by atoms with Gasteiger partial charge in [-0.25, -0.2) is 0 Å². The summed E-state index contributed by atoms with van der Waals surface area (Å²) in [6.07, 6.45) is 5.51. The zero-order chi connectivity index (χ0) is 15.9. The van der Waals surface area contributed by atoms with Crippen LogP contribution in [0.4, 0.5) is 0 Å². The molecule has 1 aromatic heterocycles. The molecule has 0 bridgehead atoms. The molecule has 6 nitrogen and oxygen atoms in total. The van der Waals surface area contributed by atoms with Crippen LogP contribution in [-0.2, 0) is 4.74 Å². The topological polar surface area (TPSA) is 67.8 Å². The van der Waals surface area contributed by atoms with Crippen LogP contribution in [0.1, 0.15) is 26.7 Å². The Bertz CT molecular complexity index is 398. The van der Waals surface area contributed by atoms with Gasteiger partial charge in [0.2, 0.25) is 0 Å². The van der Waals surface area contributed by atoms with Crippen LogP contribution in [0.2, 0.25) is 0 Å². The lowest BCUT2D eigenvalue weighted by atomic mass is 10.3. The highest BCUT2D eigenvalue weighted by atomic mass is 16.5. The van der Waals surface area contributed by atoms with Crippen molar-refractivity contribution in [2.45, 2.75) is 26.7 Å². The molecular formula is C16H28N4O2. The fourth-order valence-corrected chi connectivity index (χ4v) is 1.76. The lowest BCUT2D eigenvalue weighted by Crippen LogP contribution is -2.39. The van der Waals surface area contributed by atoms with Gasteiger partial charge in [-0.15, -0.1) is 0 Å². The zero-order valence-corrected chi connectivity index (χ0v) is 13.7. The molecule has 0 aromatic carbocycles. The Labute approximate surface area is 133 Å². The highest BCUT2D eigenvalue weighted by Gasteiger charge is 1.97. The molecule has 0 fully saturated rings. The largest absolute Gasteiger partial charge is 0.490 e. The van der Waals surface area contributed by atoms with E-state index in [2.05, 4.69) is 27.5 Å². The Morgan fingerprint density at radius 1 is 1.23 bits per heavy atom. The Morgan fingerprint density at radius 2 is 2.14 bits per heavy atom. The lowest BCUT2D eigenvalue weighted by Gasteiger charge is -2.12. The van der Waals surface area contributed by atoms with E-state index in [0.717, 1.165) is 50.9 Å². The van der Waals surface area contributed by atoms with Gasteiger partial charge in [0.1, 0.15) is 12.4 Å². The molecule has 1 heterocycles. The maximum atomic E-state index is 5.58. The van der Waals surface area contributed by atoms with Crippen molar-refractivity contribution in [1.29, 1.82) is 0 Å². The van der Waals surface area contributed by atoms with Crippen molar-refractivity contribution < 1.29 is 9.47 Å². The number of rotatable bonds is 11. The first kappa shape index (κ1) is 18.2. The normalized spacial score (nSPS) is 11.3. The third-order valence-corrected chi connectivity index (χ3v) is 2.81. The van der Waals surface area contributed by atoms with Gasteiger partial charge in [0, 0.05) is 32.5 Å². The summed E-state index contributed by atoms with van der Waals surface area (Å²) in [5.41, 5.74) is 0. The highest BCUT2D eigenvalue weighted by Crippen LogP contribution is 2.04. The quantitative estimate of drug-likeness (QED) is 0.371. The second-order valence-electron chi connectivity index (χ2n) is 4.63. The Balaban J connectivity index is 2.16. The van der Waals surface area contributed by atoms with Crippen molar-refractivity contribution in [1.82, 2.24) is 15.6 Å². The van der Waals surface area contributed by atoms with Crippen LogP contribution in [0, 0.1) is 0 Å². The average Bonchev–Trinajstić information content (AvgIpc) is 2.55. The van der Waals surface area contributed by atoms with Crippen molar-refractivity contribution in [2.24, 2.45) is 4.99 Å². The summed E-state index contributed by atoms with van der Waals surface area (Å²) >= 11 is 0. The van der Waals surface area contributed by atoms with Crippen molar-refractivity contribution in [3.8, 4) is 5.75 Å². The van der Waals surface area contributed by atoms with Gasteiger partial charge >= 0.3 is 0 Å². The first-order valence-electron chi connectivity index (χ1n) is 7.99. The third kappa shape index (κ3) is 9.18. The van der Waals surface area contributed by atoms with E-state index in [4.69, 9.17) is 9.47 Å². The summed E-state index contributed by atoms with van der Waals surface area (Å²) in [6.45, 7) is 8.57. The van der Waals surface area contributed by atoms with Crippen LogP contribution >= 0.6 is 0 Å². The predicted molar refractivity (Wildman–Crippen MR) is 89.4 cm³/mol. The van der Waals surface area contributed by atoms with Gasteiger partial charge in [-0.3, -0.25) is 9.98 Å². The van der Waals surface area contributed by atoms with E-state index in [0.29, 0.717) is 13.2 Å². The molecule has 0 saturated carbocycles. The molecular weight excluding hydrogens is 280 g/mol. The molecule has 0 amide bonds. The molecule has 22 heavy (non-hydrogen) atoms. The number of hydrogen-bond donors (Lipinski definition) is 2. The van der Waals surface area contributed by atoms with Crippen molar-refractivity contribution in [3.05, 3.63) is 24.5 Å². The average molecular weight is 308 g/mol. The van der Waals surface area contributed by atoms with Gasteiger partial charge in [0.05, 0.1) is 12.7 Å². The van der Waals surface area contributed by atoms with Crippen molar-refractivity contribution >= 4 is 5.96 Å². The first-order chi connectivity index (χ1) is 10.9. The summed E-state index contributed by atoms with van der Waals surface area (Å²) in [5.74, 6) is 1.61. The number of guanidine groups is 1. The molecule has 0 aliphatic heterocycles. The summed E-state index contributed by atoms with van der Waals surface area (Å²) < 4.78 is 10.9. The minimum atomic E-state index is 0.570. The van der Waals surface area contributed by atoms with E-state index in [1.165, 1.54) is 0 Å². The van der Waals surface area contributed by atoms with Crippen LogP contribution in [0.5, 0.6) is 5.75 Å². The van der Waals surface area contributed by atoms with Crippen LogP contribution in [-0.4, -0.2) is 50.4 Å². The summed E-state index contributed by atoms with van der Waals surface area (Å²) in [6, 6.07) is 3.75. The molecule has 0 radical (unpaired) electrons. The van der Waals surface area contributed by atoms with E-state index >= 15 is 0 Å². The molecule has 6 heteroatoms. The lowest BCUT2D eigenvalue weighted by molar-refractivity contribution is 0.144. The molecule has 1 rings (SSSR count). The number of nitrogens with zero attached hydrogens (tertiary/aromatic N) is 2. The third-order valence-electron chi connectivity index (χ3n) is 2.81. The maximum Gasteiger partial charge on any atom is 0.191 e. The highest BCUT2D eigenvalue weighted by molar-refractivity contribution is 5.79. The second-order valence-corrected chi connectivity index (χ2v) is 4.63. The summed E-state index contributed by atoms with van der Waals surface area (Å²) in [7, 11) is 0. The Hall–Kier alpha value is -1.82. The fourth-order valence-electron chi connectivity index (χ4n) is 1.76. The molecule has 2 N–H and O–H groups in total. The number of ether oxygens (including phenoxy) is 2. The van der Waals surface area contributed by atoms with Crippen LogP contribution in [0.15, 0.2) is 29.5 Å². The van der Waals surface area contributed by atoms with E-state index in [9.17, 15) is 0 Å². The molecule has 1 aromatic rings. The fraction of sp³-hybridized carbons (Fsp3) is 0.625.